The van der Waals surface area contributed by atoms with Gasteiger partial charge in [-0.3, -0.25) is 4.79 Å². The predicted octanol–water partition coefficient (Wildman–Crippen LogP) is 1.71. The highest BCUT2D eigenvalue weighted by Gasteiger charge is 2.22. The topological polar surface area (TPSA) is 101 Å². The van der Waals surface area contributed by atoms with Gasteiger partial charge >= 0.3 is 5.97 Å². The van der Waals surface area contributed by atoms with E-state index in [0.29, 0.717) is 12.8 Å². The maximum absolute atomic E-state index is 12.4. The second kappa shape index (κ2) is 7.79. The van der Waals surface area contributed by atoms with E-state index in [1.54, 1.807) is 12.1 Å². The number of fused-ring (bicyclic) bond motifs is 1. The van der Waals surface area contributed by atoms with Crippen molar-refractivity contribution in [1.29, 1.82) is 0 Å². The molecule has 2 rings (SSSR count). The second-order valence-electron chi connectivity index (χ2n) is 6.10. The Bertz CT molecular complexity index is 726. The van der Waals surface area contributed by atoms with Crippen LogP contribution in [0, 0.1) is 0 Å². The molecule has 0 saturated carbocycles. The van der Waals surface area contributed by atoms with Crippen LogP contribution in [0.2, 0.25) is 0 Å². The minimum Gasteiger partial charge on any atom is -0.480 e. The van der Waals surface area contributed by atoms with Crippen molar-refractivity contribution < 1.29 is 23.1 Å². The first-order valence-electron chi connectivity index (χ1n) is 8.20. The number of carboxylic acid groups (broad SMARTS) is 1. The molecule has 1 aromatic carbocycles. The fourth-order valence-corrected chi connectivity index (χ4v) is 4.19. The van der Waals surface area contributed by atoms with E-state index in [9.17, 15) is 18.0 Å². The summed E-state index contributed by atoms with van der Waals surface area (Å²) < 4.78 is 24.8. The lowest BCUT2D eigenvalue weighted by molar-refractivity contribution is -0.142. The minimum absolute atomic E-state index is 0.235. The van der Waals surface area contributed by atoms with Crippen molar-refractivity contribution in [2.24, 2.45) is 0 Å². The lowest BCUT2D eigenvalue weighted by Crippen LogP contribution is -2.41. The van der Waals surface area contributed by atoms with E-state index in [-0.39, 0.29) is 17.1 Å². The number of rotatable bonds is 8. The number of carbonyl (C=O) groups is 2. The zero-order valence-electron chi connectivity index (χ0n) is 13.7. The lowest BCUT2D eigenvalue weighted by atomic mass is 10.1. The summed E-state index contributed by atoms with van der Waals surface area (Å²) in [5, 5.41) is 11.4. The molecule has 24 heavy (non-hydrogen) atoms. The highest BCUT2D eigenvalue weighted by molar-refractivity contribution is 7.91. The van der Waals surface area contributed by atoms with E-state index in [0.717, 1.165) is 24.8 Å². The molecule has 7 heteroatoms. The predicted molar refractivity (Wildman–Crippen MR) is 89.6 cm³/mol. The third-order valence-corrected chi connectivity index (χ3v) is 5.95. The Labute approximate surface area is 142 Å². The second-order valence-corrected chi connectivity index (χ2v) is 8.21. The first-order chi connectivity index (χ1) is 11.3. The summed E-state index contributed by atoms with van der Waals surface area (Å²) in [6, 6.07) is 4.17. The molecular formula is C17H23NO5S. The smallest absolute Gasteiger partial charge is 0.326 e. The van der Waals surface area contributed by atoms with Gasteiger partial charge in [0.1, 0.15) is 6.04 Å². The standard InChI is InChI=1S/C17H23NO5S/c1-2-4-15(17(20)21)18-16(19)9-10-24(22,23)14-8-7-12-5-3-6-13(12)11-14/h7-8,11,15H,2-6,9-10H2,1H3,(H,18,19)(H,20,21). The van der Waals surface area contributed by atoms with Crippen LogP contribution in [0.3, 0.4) is 0 Å². The monoisotopic (exact) mass is 353 g/mol. The summed E-state index contributed by atoms with van der Waals surface area (Å²) in [5.74, 6) is -1.98. The quantitative estimate of drug-likeness (QED) is 0.741. The first-order valence-corrected chi connectivity index (χ1v) is 9.85. The zero-order chi connectivity index (χ0) is 17.7. The molecule has 0 aromatic heterocycles. The molecule has 0 bridgehead atoms. The van der Waals surface area contributed by atoms with Gasteiger partial charge in [0.15, 0.2) is 9.84 Å². The van der Waals surface area contributed by atoms with Crippen molar-refractivity contribution in [1.82, 2.24) is 5.32 Å². The van der Waals surface area contributed by atoms with E-state index >= 15 is 0 Å². The van der Waals surface area contributed by atoms with Crippen LogP contribution in [-0.2, 0) is 32.3 Å². The fourth-order valence-electron chi connectivity index (χ4n) is 2.90. The maximum atomic E-state index is 12.4. The average Bonchev–Trinajstić information content (AvgIpc) is 3.00. The Kier molecular flexibility index (Phi) is 5.99. The number of aryl methyl sites for hydroxylation is 2. The van der Waals surface area contributed by atoms with E-state index < -0.39 is 27.8 Å². The normalized spacial score (nSPS) is 14.9. The van der Waals surface area contributed by atoms with E-state index in [1.165, 1.54) is 5.56 Å². The minimum atomic E-state index is -3.55. The summed E-state index contributed by atoms with van der Waals surface area (Å²) in [5.41, 5.74) is 2.25. The van der Waals surface area contributed by atoms with Crippen LogP contribution >= 0.6 is 0 Å². The number of amides is 1. The molecule has 2 N–H and O–H groups in total. The molecule has 0 radical (unpaired) electrons. The SMILES string of the molecule is CCCC(NC(=O)CCS(=O)(=O)c1ccc2c(c1)CCC2)C(=O)O. The van der Waals surface area contributed by atoms with Crippen molar-refractivity contribution in [3.63, 3.8) is 0 Å². The molecule has 0 aliphatic heterocycles. The Morgan fingerprint density at radius 3 is 2.62 bits per heavy atom. The van der Waals surface area contributed by atoms with Crippen LogP contribution in [-0.4, -0.2) is 37.2 Å². The van der Waals surface area contributed by atoms with Crippen molar-refractivity contribution in [2.75, 3.05) is 5.75 Å². The maximum Gasteiger partial charge on any atom is 0.326 e. The number of aliphatic carboxylic acids is 1. The van der Waals surface area contributed by atoms with E-state index in [1.807, 2.05) is 13.0 Å². The molecular weight excluding hydrogens is 330 g/mol. The molecule has 1 amide bonds. The van der Waals surface area contributed by atoms with Gasteiger partial charge < -0.3 is 10.4 Å². The fraction of sp³-hybridized carbons (Fsp3) is 0.529. The molecule has 1 aromatic rings. The van der Waals surface area contributed by atoms with Gasteiger partial charge in [0.25, 0.3) is 0 Å². The van der Waals surface area contributed by atoms with Crippen molar-refractivity contribution in [3.05, 3.63) is 29.3 Å². The van der Waals surface area contributed by atoms with Gasteiger partial charge in [0, 0.05) is 6.42 Å². The molecule has 132 valence electrons. The summed E-state index contributed by atoms with van der Waals surface area (Å²) >= 11 is 0. The van der Waals surface area contributed by atoms with Crippen molar-refractivity contribution in [2.45, 2.75) is 56.4 Å². The first kappa shape index (κ1) is 18.4. The summed E-state index contributed by atoms with van der Waals surface area (Å²) in [6.45, 7) is 1.82. The van der Waals surface area contributed by atoms with Gasteiger partial charge in [-0.05, 0) is 48.9 Å². The number of carbonyl (C=O) groups excluding carboxylic acids is 1. The Morgan fingerprint density at radius 1 is 1.25 bits per heavy atom. The van der Waals surface area contributed by atoms with E-state index in [4.69, 9.17) is 5.11 Å². The lowest BCUT2D eigenvalue weighted by Gasteiger charge is -2.13. The molecule has 1 aliphatic rings. The Hall–Kier alpha value is -1.89. The van der Waals surface area contributed by atoms with E-state index in [2.05, 4.69) is 5.32 Å². The van der Waals surface area contributed by atoms with Gasteiger partial charge in [-0.1, -0.05) is 19.4 Å². The number of hydrogen-bond acceptors (Lipinski definition) is 4. The van der Waals surface area contributed by atoms with Crippen LogP contribution in [0.15, 0.2) is 23.1 Å². The highest BCUT2D eigenvalue weighted by atomic mass is 32.2. The van der Waals surface area contributed by atoms with Crippen LogP contribution in [0.4, 0.5) is 0 Å². The van der Waals surface area contributed by atoms with Gasteiger partial charge in [0.05, 0.1) is 10.6 Å². The summed E-state index contributed by atoms with van der Waals surface area (Å²) in [7, 11) is -3.55. The van der Waals surface area contributed by atoms with Crippen molar-refractivity contribution >= 4 is 21.7 Å². The van der Waals surface area contributed by atoms with Gasteiger partial charge in [-0.25, -0.2) is 13.2 Å². The Balaban J connectivity index is 1.97. The molecule has 1 atom stereocenters. The summed E-state index contributed by atoms with van der Waals surface area (Å²) in [4.78, 5) is 23.1. The largest absolute Gasteiger partial charge is 0.480 e. The van der Waals surface area contributed by atoms with Gasteiger partial charge in [0.2, 0.25) is 5.91 Å². The number of sulfone groups is 1. The molecule has 6 nitrogen and oxygen atoms in total. The number of carboxylic acids is 1. The number of hydrogen-bond donors (Lipinski definition) is 2. The third-order valence-electron chi connectivity index (χ3n) is 4.24. The van der Waals surface area contributed by atoms with Gasteiger partial charge in [-0.2, -0.15) is 0 Å². The molecule has 0 fully saturated rings. The van der Waals surface area contributed by atoms with Gasteiger partial charge in [-0.15, -0.1) is 0 Å². The molecule has 0 saturated heterocycles. The van der Waals surface area contributed by atoms with Crippen LogP contribution in [0.1, 0.15) is 43.7 Å². The van der Waals surface area contributed by atoms with Crippen LogP contribution in [0.25, 0.3) is 0 Å². The number of benzene rings is 1. The third kappa shape index (κ3) is 4.56. The van der Waals surface area contributed by atoms with Crippen molar-refractivity contribution in [3.8, 4) is 0 Å². The average molecular weight is 353 g/mol. The molecule has 1 aliphatic carbocycles. The highest BCUT2D eigenvalue weighted by Crippen LogP contribution is 2.25. The molecule has 1 unspecified atom stereocenters. The number of nitrogens with one attached hydrogen (secondary N) is 1. The molecule has 0 spiro atoms. The van der Waals surface area contributed by atoms with Crippen LogP contribution < -0.4 is 5.32 Å². The summed E-state index contributed by atoms with van der Waals surface area (Å²) in [6.07, 6.45) is 3.59. The zero-order valence-corrected chi connectivity index (χ0v) is 14.6. The van der Waals surface area contributed by atoms with Crippen LogP contribution in [0.5, 0.6) is 0 Å². The Morgan fingerprint density at radius 2 is 1.96 bits per heavy atom. The molecule has 0 heterocycles.